The minimum Gasteiger partial charge on any atom is -0.294 e. The number of Topliss-reactive ketones (excluding diaryl/α,β-unsaturated/α-hetero) is 1. The lowest BCUT2D eigenvalue weighted by molar-refractivity contribution is 0.0981. The lowest BCUT2D eigenvalue weighted by Crippen LogP contribution is -2.01. The average molecular weight is 180 g/mol. The number of carbonyl (C=O) groups is 1. The molecule has 0 aromatic heterocycles. The van der Waals surface area contributed by atoms with Crippen molar-refractivity contribution in [3.8, 4) is 0 Å². The SMILES string of the molecule is CCCC(=O)c1ccc(F)cc1C. The summed E-state index contributed by atoms with van der Waals surface area (Å²) in [4.78, 5) is 11.5. The van der Waals surface area contributed by atoms with E-state index >= 15 is 0 Å². The summed E-state index contributed by atoms with van der Waals surface area (Å²) in [6.07, 6.45) is 1.36. The summed E-state index contributed by atoms with van der Waals surface area (Å²) < 4.78 is 12.7. The maximum Gasteiger partial charge on any atom is 0.163 e. The molecule has 1 nitrogen and oxygen atoms in total. The number of carbonyl (C=O) groups excluding carboxylic acids is 1. The maximum absolute atomic E-state index is 12.7. The zero-order valence-corrected chi connectivity index (χ0v) is 7.93. The monoisotopic (exact) mass is 180 g/mol. The Balaban J connectivity index is 2.95. The van der Waals surface area contributed by atoms with Crippen LogP contribution in [0.4, 0.5) is 4.39 Å². The predicted octanol–water partition coefficient (Wildman–Crippen LogP) is 3.12. The van der Waals surface area contributed by atoms with E-state index in [0.717, 1.165) is 12.0 Å². The molecule has 1 rings (SSSR count). The van der Waals surface area contributed by atoms with E-state index in [0.29, 0.717) is 12.0 Å². The molecule has 1 aromatic rings. The van der Waals surface area contributed by atoms with Crippen LogP contribution in [0.15, 0.2) is 18.2 Å². The third-order valence-corrected chi connectivity index (χ3v) is 1.97. The molecule has 0 amide bonds. The number of aryl methyl sites for hydroxylation is 1. The molecule has 0 aliphatic rings. The van der Waals surface area contributed by atoms with E-state index in [1.807, 2.05) is 6.92 Å². The van der Waals surface area contributed by atoms with Crippen LogP contribution in [0.1, 0.15) is 35.7 Å². The highest BCUT2D eigenvalue weighted by Gasteiger charge is 2.07. The van der Waals surface area contributed by atoms with Crippen LogP contribution in [0.5, 0.6) is 0 Å². The van der Waals surface area contributed by atoms with Crippen molar-refractivity contribution < 1.29 is 9.18 Å². The van der Waals surface area contributed by atoms with Gasteiger partial charge in [0.25, 0.3) is 0 Å². The van der Waals surface area contributed by atoms with Gasteiger partial charge in [-0.1, -0.05) is 6.92 Å². The molecule has 0 fully saturated rings. The Kier molecular flexibility index (Phi) is 3.18. The topological polar surface area (TPSA) is 17.1 Å². The molecule has 0 saturated heterocycles. The molecule has 0 atom stereocenters. The summed E-state index contributed by atoms with van der Waals surface area (Å²) in [5, 5.41) is 0. The van der Waals surface area contributed by atoms with Crippen molar-refractivity contribution in [2.45, 2.75) is 26.7 Å². The average Bonchev–Trinajstić information content (AvgIpc) is 2.04. The van der Waals surface area contributed by atoms with E-state index in [9.17, 15) is 9.18 Å². The number of hydrogen-bond donors (Lipinski definition) is 0. The molecule has 2 heteroatoms. The Labute approximate surface area is 77.6 Å². The molecule has 0 N–H and O–H groups in total. The number of ketones is 1. The molecule has 70 valence electrons. The van der Waals surface area contributed by atoms with E-state index < -0.39 is 0 Å². The van der Waals surface area contributed by atoms with Crippen molar-refractivity contribution in [1.29, 1.82) is 0 Å². The van der Waals surface area contributed by atoms with Crippen LogP contribution in [0.25, 0.3) is 0 Å². The van der Waals surface area contributed by atoms with Gasteiger partial charge in [-0.3, -0.25) is 4.79 Å². The van der Waals surface area contributed by atoms with Gasteiger partial charge in [-0.15, -0.1) is 0 Å². The van der Waals surface area contributed by atoms with Crippen LogP contribution in [0.3, 0.4) is 0 Å². The second kappa shape index (κ2) is 4.17. The van der Waals surface area contributed by atoms with Crippen LogP contribution < -0.4 is 0 Å². The van der Waals surface area contributed by atoms with Crippen LogP contribution in [-0.4, -0.2) is 5.78 Å². The van der Waals surface area contributed by atoms with Gasteiger partial charge in [0, 0.05) is 12.0 Å². The Morgan fingerprint density at radius 2 is 2.15 bits per heavy atom. The molecule has 0 aliphatic carbocycles. The Hall–Kier alpha value is -1.18. The van der Waals surface area contributed by atoms with E-state index in [1.54, 1.807) is 13.0 Å². The smallest absolute Gasteiger partial charge is 0.163 e. The standard InChI is InChI=1S/C11H13FO/c1-3-4-11(13)10-6-5-9(12)7-8(10)2/h5-7H,3-4H2,1-2H3. The summed E-state index contributed by atoms with van der Waals surface area (Å²) >= 11 is 0. The second-order valence-electron chi connectivity index (χ2n) is 3.13. The molecule has 0 radical (unpaired) electrons. The fourth-order valence-electron chi connectivity index (χ4n) is 1.30. The highest BCUT2D eigenvalue weighted by Crippen LogP contribution is 2.12. The summed E-state index contributed by atoms with van der Waals surface area (Å²) in [7, 11) is 0. The molecular formula is C11H13FO. The lowest BCUT2D eigenvalue weighted by atomic mass is 10.0. The van der Waals surface area contributed by atoms with Crippen LogP contribution >= 0.6 is 0 Å². The van der Waals surface area contributed by atoms with Gasteiger partial charge in [0.2, 0.25) is 0 Å². The van der Waals surface area contributed by atoms with Crippen molar-refractivity contribution in [3.63, 3.8) is 0 Å². The molecule has 0 spiro atoms. The molecule has 0 bridgehead atoms. The van der Waals surface area contributed by atoms with Crippen molar-refractivity contribution in [3.05, 3.63) is 35.1 Å². The maximum atomic E-state index is 12.7. The summed E-state index contributed by atoms with van der Waals surface area (Å²) in [5.74, 6) is -0.189. The Morgan fingerprint density at radius 1 is 1.46 bits per heavy atom. The van der Waals surface area contributed by atoms with E-state index in [4.69, 9.17) is 0 Å². The van der Waals surface area contributed by atoms with E-state index in [-0.39, 0.29) is 11.6 Å². The van der Waals surface area contributed by atoms with E-state index in [2.05, 4.69) is 0 Å². The van der Waals surface area contributed by atoms with Gasteiger partial charge in [0.05, 0.1) is 0 Å². The van der Waals surface area contributed by atoms with Gasteiger partial charge >= 0.3 is 0 Å². The van der Waals surface area contributed by atoms with Crippen LogP contribution in [0, 0.1) is 12.7 Å². The quantitative estimate of drug-likeness (QED) is 0.653. The molecule has 13 heavy (non-hydrogen) atoms. The normalized spacial score (nSPS) is 10.1. The molecule has 0 saturated carbocycles. The molecule has 0 aliphatic heterocycles. The fourth-order valence-corrected chi connectivity index (χ4v) is 1.30. The summed E-state index contributed by atoms with van der Waals surface area (Å²) in [5.41, 5.74) is 1.36. The van der Waals surface area contributed by atoms with Gasteiger partial charge in [0.15, 0.2) is 5.78 Å². The fraction of sp³-hybridized carbons (Fsp3) is 0.364. The Bertz CT molecular complexity index is 318. The zero-order chi connectivity index (χ0) is 9.84. The van der Waals surface area contributed by atoms with Crippen molar-refractivity contribution in [2.24, 2.45) is 0 Å². The zero-order valence-electron chi connectivity index (χ0n) is 7.93. The van der Waals surface area contributed by atoms with Gasteiger partial charge in [-0.2, -0.15) is 0 Å². The minimum atomic E-state index is -0.287. The van der Waals surface area contributed by atoms with E-state index in [1.165, 1.54) is 12.1 Å². The predicted molar refractivity (Wildman–Crippen MR) is 50.4 cm³/mol. The van der Waals surface area contributed by atoms with Gasteiger partial charge in [0.1, 0.15) is 5.82 Å². The summed E-state index contributed by atoms with van der Waals surface area (Å²) in [6.45, 7) is 3.71. The van der Waals surface area contributed by atoms with Crippen molar-refractivity contribution >= 4 is 5.78 Å². The first-order valence-corrected chi connectivity index (χ1v) is 4.44. The summed E-state index contributed by atoms with van der Waals surface area (Å²) in [6, 6.07) is 4.28. The largest absolute Gasteiger partial charge is 0.294 e. The number of benzene rings is 1. The first-order valence-electron chi connectivity index (χ1n) is 4.44. The van der Waals surface area contributed by atoms with Gasteiger partial charge < -0.3 is 0 Å². The number of hydrogen-bond acceptors (Lipinski definition) is 1. The van der Waals surface area contributed by atoms with Gasteiger partial charge in [-0.25, -0.2) is 4.39 Å². The Morgan fingerprint density at radius 3 is 2.69 bits per heavy atom. The minimum absolute atomic E-state index is 0.0972. The number of halogens is 1. The highest BCUT2D eigenvalue weighted by atomic mass is 19.1. The first kappa shape index (κ1) is 9.90. The van der Waals surface area contributed by atoms with Crippen molar-refractivity contribution in [1.82, 2.24) is 0 Å². The first-order chi connectivity index (χ1) is 6.15. The molecular weight excluding hydrogens is 167 g/mol. The highest BCUT2D eigenvalue weighted by molar-refractivity contribution is 5.97. The second-order valence-corrected chi connectivity index (χ2v) is 3.13. The van der Waals surface area contributed by atoms with Crippen molar-refractivity contribution in [2.75, 3.05) is 0 Å². The third kappa shape index (κ3) is 2.38. The molecule has 1 aromatic carbocycles. The third-order valence-electron chi connectivity index (χ3n) is 1.97. The van der Waals surface area contributed by atoms with Crippen LogP contribution in [0.2, 0.25) is 0 Å². The van der Waals surface area contributed by atoms with Crippen LogP contribution in [-0.2, 0) is 0 Å². The lowest BCUT2D eigenvalue weighted by Gasteiger charge is -2.03. The van der Waals surface area contributed by atoms with Gasteiger partial charge in [-0.05, 0) is 37.1 Å². The molecule has 0 unspecified atom stereocenters. The molecule has 0 heterocycles. The number of rotatable bonds is 3.